The summed E-state index contributed by atoms with van der Waals surface area (Å²) in [5, 5.41) is 10.4. The molecule has 0 radical (unpaired) electrons. The second kappa shape index (κ2) is 7.75. The average Bonchev–Trinajstić information content (AvgIpc) is 3.18. The van der Waals surface area contributed by atoms with Crippen LogP contribution in [0.2, 0.25) is 0 Å². The number of halogens is 1. The largest absolute Gasteiger partial charge is 0.381 e. The zero-order valence-corrected chi connectivity index (χ0v) is 16.2. The van der Waals surface area contributed by atoms with Crippen LogP contribution in [-0.2, 0) is 11.3 Å². The highest BCUT2D eigenvalue weighted by atomic mass is 35.5. The minimum Gasteiger partial charge on any atom is -0.381 e. The predicted octanol–water partition coefficient (Wildman–Crippen LogP) is -0.0304. The molecule has 10 heteroatoms. The Labute approximate surface area is 163 Å². The second-order valence-corrected chi connectivity index (χ2v) is 8.04. The summed E-state index contributed by atoms with van der Waals surface area (Å²) < 4.78 is 7.90. The van der Waals surface area contributed by atoms with Crippen LogP contribution in [0.25, 0.3) is 0 Å². The number of nitrogens with one attached hydrogen (secondary N) is 2. The standard InChI is InChI=1S/C17H26ClN7O2/c1-24-5-3-11(9-24)27-13-2-4-20-7-12(13)22-17(26)14-15(19)23-25-8-10(18)6-21-16(14)25/h6,10-13,20H,2-5,7-9H2,1H3,(H2,19,23)(H,22,26)/t10?,11-,12?,13?/m0/s1. The number of nitrogen functional groups attached to an aromatic ring is 1. The zero-order valence-electron chi connectivity index (χ0n) is 15.4. The van der Waals surface area contributed by atoms with Gasteiger partial charge in [-0.05, 0) is 26.4 Å². The van der Waals surface area contributed by atoms with Crippen molar-refractivity contribution in [2.45, 2.75) is 43.0 Å². The molecule has 9 nitrogen and oxygen atoms in total. The van der Waals surface area contributed by atoms with Gasteiger partial charge in [-0.3, -0.25) is 4.79 Å². The third-order valence-electron chi connectivity index (χ3n) is 5.34. The topological polar surface area (TPSA) is 110 Å². The molecule has 4 atom stereocenters. The monoisotopic (exact) mass is 395 g/mol. The van der Waals surface area contributed by atoms with Gasteiger partial charge >= 0.3 is 0 Å². The van der Waals surface area contributed by atoms with Crippen molar-refractivity contribution in [3.63, 3.8) is 0 Å². The van der Waals surface area contributed by atoms with Crippen LogP contribution in [0.1, 0.15) is 23.2 Å². The molecule has 4 rings (SSSR count). The number of nitrogens with zero attached hydrogens (tertiary/aromatic N) is 4. The van der Waals surface area contributed by atoms with E-state index in [0.29, 0.717) is 24.5 Å². The molecule has 3 aliphatic heterocycles. The third kappa shape index (κ3) is 3.96. The van der Waals surface area contributed by atoms with Crippen LogP contribution in [-0.4, -0.2) is 83.7 Å². The van der Waals surface area contributed by atoms with E-state index in [-0.39, 0.29) is 35.4 Å². The van der Waals surface area contributed by atoms with Crippen LogP contribution in [0, 0.1) is 0 Å². The van der Waals surface area contributed by atoms with Crippen molar-refractivity contribution in [1.29, 1.82) is 0 Å². The van der Waals surface area contributed by atoms with Gasteiger partial charge in [-0.2, -0.15) is 5.10 Å². The van der Waals surface area contributed by atoms with Gasteiger partial charge in [-0.1, -0.05) is 0 Å². The van der Waals surface area contributed by atoms with Gasteiger partial charge in [0.25, 0.3) is 5.91 Å². The normalized spacial score (nSPS) is 31.0. The van der Waals surface area contributed by atoms with Crippen LogP contribution < -0.4 is 16.4 Å². The van der Waals surface area contributed by atoms with Crippen molar-refractivity contribution in [3.8, 4) is 0 Å². The first-order valence-electron chi connectivity index (χ1n) is 9.41. The number of hydrogen-bond acceptors (Lipinski definition) is 7. The summed E-state index contributed by atoms with van der Waals surface area (Å²) in [6.07, 6.45) is 3.70. The molecule has 0 bridgehead atoms. The van der Waals surface area contributed by atoms with Crippen molar-refractivity contribution in [2.24, 2.45) is 4.99 Å². The molecule has 0 saturated carbocycles. The number of fused-ring (bicyclic) bond motifs is 1. The molecule has 1 aromatic rings. The summed E-state index contributed by atoms with van der Waals surface area (Å²) in [4.78, 5) is 19.5. The summed E-state index contributed by atoms with van der Waals surface area (Å²) in [6, 6.07) is -0.125. The number of alkyl halides is 1. The van der Waals surface area contributed by atoms with Gasteiger partial charge in [0.1, 0.15) is 5.56 Å². The fourth-order valence-corrected chi connectivity index (χ4v) is 4.13. The number of amides is 1. The highest BCUT2D eigenvalue weighted by Gasteiger charge is 2.33. The molecule has 3 unspecified atom stereocenters. The van der Waals surface area contributed by atoms with Crippen molar-refractivity contribution in [3.05, 3.63) is 5.56 Å². The highest BCUT2D eigenvalue weighted by Crippen LogP contribution is 2.28. The Morgan fingerprint density at radius 2 is 2.30 bits per heavy atom. The van der Waals surface area contributed by atoms with Gasteiger partial charge in [0.15, 0.2) is 11.6 Å². The van der Waals surface area contributed by atoms with Gasteiger partial charge in [0, 0.05) is 25.8 Å². The molecule has 27 heavy (non-hydrogen) atoms. The number of carbonyl (C=O) groups excluding carboxylic acids is 1. The molecule has 1 amide bonds. The summed E-state index contributed by atoms with van der Waals surface area (Å²) in [7, 11) is 2.10. The number of piperidine rings is 1. The minimum absolute atomic E-state index is 0.0185. The number of nitrogens with two attached hydrogens (primary N) is 1. The van der Waals surface area contributed by atoms with Crippen molar-refractivity contribution >= 4 is 35.4 Å². The molecule has 148 valence electrons. The number of likely N-dealkylation sites (tertiary alicyclic amines) is 1. The van der Waals surface area contributed by atoms with Crippen LogP contribution in [0.15, 0.2) is 4.99 Å². The molecule has 4 N–H and O–H groups in total. The van der Waals surface area contributed by atoms with Crippen LogP contribution in [0.5, 0.6) is 0 Å². The van der Waals surface area contributed by atoms with Crippen molar-refractivity contribution < 1.29 is 9.53 Å². The molecule has 0 aromatic carbocycles. The number of carbonyl (C=O) groups is 1. The Kier molecular flexibility index (Phi) is 5.36. The quantitative estimate of drug-likeness (QED) is 0.617. The molecule has 3 aliphatic rings. The lowest BCUT2D eigenvalue weighted by Crippen LogP contribution is -2.55. The van der Waals surface area contributed by atoms with Gasteiger partial charge in [-0.25, -0.2) is 9.67 Å². The van der Waals surface area contributed by atoms with E-state index in [4.69, 9.17) is 22.1 Å². The Balaban J connectivity index is 1.46. The maximum Gasteiger partial charge on any atom is 0.259 e. The maximum atomic E-state index is 12.9. The van der Waals surface area contributed by atoms with Crippen LogP contribution in [0.4, 0.5) is 11.6 Å². The van der Waals surface area contributed by atoms with E-state index in [1.807, 2.05) is 0 Å². The summed E-state index contributed by atoms with van der Waals surface area (Å²) in [5.41, 5.74) is 6.30. The fourth-order valence-electron chi connectivity index (χ4n) is 3.95. The first kappa shape index (κ1) is 18.7. The molecule has 0 aliphatic carbocycles. The number of aliphatic imine (C=N–C) groups is 1. The van der Waals surface area contributed by atoms with E-state index in [2.05, 4.69) is 32.7 Å². The Bertz CT molecular complexity index is 737. The molecule has 2 fully saturated rings. The van der Waals surface area contributed by atoms with E-state index >= 15 is 0 Å². The SMILES string of the molecule is CN1CC[C@H](OC2CCNCC2NC(=O)c2c(N)nn3c2N=CC(Cl)C3)C1. The summed E-state index contributed by atoms with van der Waals surface area (Å²) in [6.45, 7) is 3.97. The molecule has 2 saturated heterocycles. The maximum absolute atomic E-state index is 12.9. The molecule has 4 heterocycles. The van der Waals surface area contributed by atoms with E-state index < -0.39 is 0 Å². The number of likely N-dealkylation sites (N-methyl/N-ethyl adjacent to an activating group) is 1. The lowest BCUT2D eigenvalue weighted by molar-refractivity contribution is -0.0354. The Morgan fingerprint density at radius 3 is 3.07 bits per heavy atom. The van der Waals surface area contributed by atoms with E-state index in [0.717, 1.165) is 32.5 Å². The van der Waals surface area contributed by atoms with E-state index in [1.165, 1.54) is 0 Å². The average molecular weight is 396 g/mol. The van der Waals surface area contributed by atoms with Crippen LogP contribution >= 0.6 is 11.6 Å². The second-order valence-electron chi connectivity index (χ2n) is 7.48. The van der Waals surface area contributed by atoms with Gasteiger partial charge in [0.2, 0.25) is 0 Å². The number of rotatable bonds is 4. The van der Waals surface area contributed by atoms with Crippen LogP contribution in [0.3, 0.4) is 0 Å². The smallest absolute Gasteiger partial charge is 0.259 e. The number of ether oxygens (including phenoxy) is 1. The van der Waals surface area contributed by atoms with Gasteiger partial charge < -0.3 is 26.0 Å². The third-order valence-corrected chi connectivity index (χ3v) is 5.59. The fraction of sp³-hybridized carbons (Fsp3) is 0.706. The zero-order chi connectivity index (χ0) is 19.0. The first-order chi connectivity index (χ1) is 13.0. The van der Waals surface area contributed by atoms with Gasteiger partial charge in [-0.15, -0.1) is 11.6 Å². The van der Waals surface area contributed by atoms with Gasteiger partial charge in [0.05, 0.1) is 30.2 Å². The minimum atomic E-state index is -0.273. The lowest BCUT2D eigenvalue weighted by atomic mass is 10.0. The molecular weight excluding hydrogens is 370 g/mol. The summed E-state index contributed by atoms with van der Waals surface area (Å²) >= 11 is 6.07. The number of aromatic nitrogens is 2. The van der Waals surface area contributed by atoms with E-state index in [1.54, 1.807) is 10.9 Å². The molecular formula is C17H26ClN7O2. The summed E-state index contributed by atoms with van der Waals surface area (Å²) in [5.74, 6) is 0.356. The molecule has 0 spiro atoms. The highest BCUT2D eigenvalue weighted by molar-refractivity contribution is 6.28. The van der Waals surface area contributed by atoms with Crippen molar-refractivity contribution in [2.75, 3.05) is 39.0 Å². The predicted molar refractivity (Wildman–Crippen MR) is 104 cm³/mol. The molecule has 1 aromatic heterocycles. The number of anilines is 1. The van der Waals surface area contributed by atoms with Crippen molar-refractivity contribution in [1.82, 2.24) is 25.3 Å². The number of hydrogen-bond donors (Lipinski definition) is 3. The lowest BCUT2D eigenvalue weighted by Gasteiger charge is -2.34. The van der Waals surface area contributed by atoms with E-state index in [9.17, 15) is 4.79 Å². The Morgan fingerprint density at radius 1 is 1.44 bits per heavy atom. The first-order valence-corrected chi connectivity index (χ1v) is 9.85. The Hall–Kier alpha value is -1.68.